The van der Waals surface area contributed by atoms with Crippen molar-refractivity contribution in [1.29, 1.82) is 0 Å². The van der Waals surface area contributed by atoms with E-state index in [1.165, 1.54) is 12.8 Å². The number of rotatable bonds is 1. The number of carbonyl (C=O) groups excluding carboxylic acids is 1. The highest BCUT2D eigenvalue weighted by molar-refractivity contribution is 5.77. The Morgan fingerprint density at radius 3 is 2.50 bits per heavy atom. The fourth-order valence-electron chi connectivity index (χ4n) is 2.37. The Morgan fingerprint density at radius 1 is 1.42 bits per heavy atom. The lowest BCUT2D eigenvalue weighted by Gasteiger charge is -2.35. The van der Waals surface area contributed by atoms with Gasteiger partial charge in [0.1, 0.15) is 0 Å². The maximum Gasteiger partial charge on any atom is 0.222 e. The van der Waals surface area contributed by atoms with Gasteiger partial charge in [0, 0.05) is 31.6 Å². The van der Waals surface area contributed by atoms with Gasteiger partial charge in [0.15, 0.2) is 0 Å². The predicted molar refractivity (Wildman–Crippen MR) is 46.8 cm³/mol. The standard InChI is InChI=1S/C9H16N2O/c1-2-9(12)11-7-3-4-8(11)6-10-5-7/h7-8,10H,2-6H2,1H3/t7-,8+. The second-order valence-electron chi connectivity index (χ2n) is 3.70. The van der Waals surface area contributed by atoms with E-state index in [0.717, 1.165) is 13.1 Å². The minimum Gasteiger partial charge on any atom is -0.334 e. The topological polar surface area (TPSA) is 32.3 Å². The maximum atomic E-state index is 11.5. The highest BCUT2D eigenvalue weighted by atomic mass is 16.2. The smallest absolute Gasteiger partial charge is 0.222 e. The Hall–Kier alpha value is -0.570. The molecule has 1 N–H and O–H groups in total. The number of nitrogens with zero attached hydrogens (tertiary/aromatic N) is 1. The molecule has 2 aliphatic rings. The first-order chi connectivity index (χ1) is 5.83. The van der Waals surface area contributed by atoms with E-state index in [-0.39, 0.29) is 0 Å². The van der Waals surface area contributed by atoms with Crippen molar-refractivity contribution in [2.45, 2.75) is 38.3 Å². The SMILES string of the molecule is CCC(=O)N1[C@@H]2CC[C@H]1CNC2. The summed E-state index contributed by atoms with van der Waals surface area (Å²) >= 11 is 0. The summed E-state index contributed by atoms with van der Waals surface area (Å²) in [6, 6.07) is 0.993. The largest absolute Gasteiger partial charge is 0.334 e. The third kappa shape index (κ3) is 1.12. The Bertz CT molecular complexity index is 177. The molecule has 0 aromatic carbocycles. The highest BCUT2D eigenvalue weighted by Crippen LogP contribution is 2.26. The van der Waals surface area contributed by atoms with Gasteiger partial charge in [0.2, 0.25) is 5.91 Å². The van der Waals surface area contributed by atoms with Crippen LogP contribution in [0.3, 0.4) is 0 Å². The molecule has 2 saturated heterocycles. The second-order valence-corrected chi connectivity index (χ2v) is 3.70. The Labute approximate surface area is 73.1 Å². The molecule has 2 heterocycles. The molecule has 0 aliphatic carbocycles. The molecule has 2 atom stereocenters. The van der Waals surface area contributed by atoms with E-state index in [1.807, 2.05) is 6.92 Å². The second kappa shape index (κ2) is 3.05. The number of amides is 1. The van der Waals surface area contributed by atoms with Crippen molar-refractivity contribution in [3.63, 3.8) is 0 Å². The molecule has 2 aliphatic heterocycles. The molecular weight excluding hydrogens is 152 g/mol. The van der Waals surface area contributed by atoms with Crippen LogP contribution < -0.4 is 5.32 Å². The normalized spacial score (nSPS) is 33.9. The van der Waals surface area contributed by atoms with Crippen molar-refractivity contribution in [2.24, 2.45) is 0 Å². The molecule has 3 nitrogen and oxygen atoms in total. The first kappa shape index (κ1) is 8.05. The van der Waals surface area contributed by atoms with E-state index >= 15 is 0 Å². The molecule has 2 fully saturated rings. The van der Waals surface area contributed by atoms with Gasteiger partial charge in [-0.1, -0.05) is 6.92 Å². The molecule has 2 bridgehead atoms. The number of piperazine rings is 1. The zero-order valence-corrected chi connectivity index (χ0v) is 7.55. The molecule has 0 aromatic rings. The summed E-state index contributed by atoms with van der Waals surface area (Å²) in [4.78, 5) is 13.6. The molecule has 1 amide bonds. The molecule has 3 heteroatoms. The van der Waals surface area contributed by atoms with Crippen LogP contribution in [0.4, 0.5) is 0 Å². The van der Waals surface area contributed by atoms with Crippen molar-refractivity contribution in [3.05, 3.63) is 0 Å². The van der Waals surface area contributed by atoms with Crippen LogP contribution >= 0.6 is 0 Å². The highest BCUT2D eigenvalue weighted by Gasteiger charge is 2.38. The molecule has 0 unspecified atom stereocenters. The van der Waals surface area contributed by atoms with Crippen LogP contribution in [-0.4, -0.2) is 36.0 Å². The van der Waals surface area contributed by atoms with Crippen LogP contribution in [-0.2, 0) is 4.79 Å². The van der Waals surface area contributed by atoms with Gasteiger partial charge in [-0.2, -0.15) is 0 Å². The van der Waals surface area contributed by atoms with E-state index in [9.17, 15) is 4.79 Å². The summed E-state index contributed by atoms with van der Waals surface area (Å²) in [5.74, 6) is 0.337. The van der Waals surface area contributed by atoms with Crippen molar-refractivity contribution >= 4 is 5.91 Å². The predicted octanol–water partition coefficient (Wildman–Crippen LogP) is 0.359. The van der Waals surface area contributed by atoms with Crippen LogP contribution in [0.15, 0.2) is 0 Å². The molecule has 0 aromatic heterocycles. The zero-order chi connectivity index (χ0) is 8.55. The Balaban J connectivity index is 2.10. The van der Waals surface area contributed by atoms with Crippen LogP contribution in [0.1, 0.15) is 26.2 Å². The number of carbonyl (C=O) groups is 1. The average Bonchev–Trinajstić information content (AvgIpc) is 2.35. The van der Waals surface area contributed by atoms with Gasteiger partial charge in [-0.15, -0.1) is 0 Å². The van der Waals surface area contributed by atoms with Crippen LogP contribution in [0.2, 0.25) is 0 Å². The molecule has 68 valence electrons. The molecule has 0 spiro atoms. The van der Waals surface area contributed by atoms with Crippen molar-refractivity contribution in [1.82, 2.24) is 10.2 Å². The first-order valence-corrected chi connectivity index (χ1v) is 4.84. The van der Waals surface area contributed by atoms with Gasteiger partial charge in [-0.05, 0) is 12.8 Å². The summed E-state index contributed by atoms with van der Waals surface area (Å²) in [5.41, 5.74) is 0. The molecule has 0 saturated carbocycles. The lowest BCUT2D eigenvalue weighted by atomic mass is 10.2. The molecule has 2 rings (SSSR count). The summed E-state index contributed by atoms with van der Waals surface area (Å²) in [7, 11) is 0. The summed E-state index contributed by atoms with van der Waals surface area (Å²) in [6.07, 6.45) is 3.06. The van der Waals surface area contributed by atoms with Gasteiger partial charge in [-0.3, -0.25) is 4.79 Å². The van der Waals surface area contributed by atoms with Gasteiger partial charge in [0.05, 0.1) is 0 Å². The third-order valence-corrected chi connectivity index (χ3v) is 2.97. The Kier molecular flexibility index (Phi) is 2.05. The monoisotopic (exact) mass is 168 g/mol. The van der Waals surface area contributed by atoms with E-state index in [1.54, 1.807) is 0 Å². The summed E-state index contributed by atoms with van der Waals surface area (Å²) < 4.78 is 0. The lowest BCUT2D eigenvalue weighted by Crippen LogP contribution is -2.53. The van der Waals surface area contributed by atoms with Gasteiger partial charge < -0.3 is 10.2 Å². The molecule has 0 radical (unpaired) electrons. The number of hydrogen-bond donors (Lipinski definition) is 1. The van der Waals surface area contributed by atoms with Crippen LogP contribution in [0.25, 0.3) is 0 Å². The maximum absolute atomic E-state index is 11.5. The third-order valence-electron chi connectivity index (χ3n) is 2.97. The fourth-order valence-corrected chi connectivity index (χ4v) is 2.37. The average molecular weight is 168 g/mol. The molecule has 12 heavy (non-hydrogen) atoms. The van der Waals surface area contributed by atoms with Crippen molar-refractivity contribution in [3.8, 4) is 0 Å². The quantitative estimate of drug-likeness (QED) is 0.613. The van der Waals surface area contributed by atoms with Gasteiger partial charge in [0.25, 0.3) is 0 Å². The summed E-state index contributed by atoms with van der Waals surface area (Å²) in [5, 5.41) is 3.36. The minimum absolute atomic E-state index is 0.337. The zero-order valence-electron chi connectivity index (χ0n) is 7.55. The van der Waals surface area contributed by atoms with Gasteiger partial charge in [-0.25, -0.2) is 0 Å². The number of nitrogens with one attached hydrogen (secondary N) is 1. The minimum atomic E-state index is 0.337. The van der Waals surface area contributed by atoms with Crippen molar-refractivity contribution < 1.29 is 4.79 Å². The lowest BCUT2D eigenvalue weighted by molar-refractivity contribution is -0.134. The first-order valence-electron chi connectivity index (χ1n) is 4.84. The van der Waals surface area contributed by atoms with Gasteiger partial charge >= 0.3 is 0 Å². The number of fused-ring (bicyclic) bond motifs is 2. The van der Waals surface area contributed by atoms with Crippen molar-refractivity contribution in [2.75, 3.05) is 13.1 Å². The van der Waals surface area contributed by atoms with E-state index < -0.39 is 0 Å². The fraction of sp³-hybridized carbons (Fsp3) is 0.889. The van der Waals surface area contributed by atoms with E-state index in [4.69, 9.17) is 0 Å². The van der Waals surface area contributed by atoms with Crippen LogP contribution in [0.5, 0.6) is 0 Å². The van der Waals surface area contributed by atoms with E-state index in [0.29, 0.717) is 24.4 Å². The van der Waals surface area contributed by atoms with Crippen LogP contribution in [0, 0.1) is 0 Å². The Morgan fingerprint density at radius 2 is 2.00 bits per heavy atom. The molecular formula is C9H16N2O. The summed E-state index contributed by atoms with van der Waals surface area (Å²) in [6.45, 7) is 3.95. The number of hydrogen-bond acceptors (Lipinski definition) is 2. The van der Waals surface area contributed by atoms with E-state index in [2.05, 4.69) is 10.2 Å².